The highest BCUT2D eigenvalue weighted by Crippen LogP contribution is 2.25. The normalized spacial score (nSPS) is 10.7. The highest BCUT2D eigenvalue weighted by atomic mass is 16.4. The Morgan fingerprint density at radius 1 is 0.897 bits per heavy atom. The van der Waals surface area contributed by atoms with Crippen LogP contribution in [0.5, 0.6) is 0 Å². The van der Waals surface area contributed by atoms with E-state index in [1.54, 1.807) is 30.6 Å². The highest BCUT2D eigenvalue weighted by molar-refractivity contribution is 5.67. The number of anilines is 1. The van der Waals surface area contributed by atoms with Crippen LogP contribution in [0.3, 0.4) is 0 Å². The van der Waals surface area contributed by atoms with Crippen molar-refractivity contribution < 1.29 is 4.42 Å². The summed E-state index contributed by atoms with van der Waals surface area (Å²) in [6, 6.07) is 13.2. The van der Waals surface area contributed by atoms with Crippen molar-refractivity contribution in [2.45, 2.75) is 0 Å². The van der Waals surface area contributed by atoms with Gasteiger partial charge in [-0.05, 0) is 17.7 Å². The molecule has 0 aliphatic heterocycles. The molecule has 0 atom stereocenters. The maximum absolute atomic E-state index is 5.72. The summed E-state index contributed by atoms with van der Waals surface area (Å²) in [6.45, 7) is 4.07. The first-order chi connectivity index (χ1) is 14.0. The van der Waals surface area contributed by atoms with Crippen LogP contribution in [-0.2, 0) is 0 Å². The second-order valence-electron chi connectivity index (χ2n) is 6.57. The van der Waals surface area contributed by atoms with Crippen molar-refractivity contribution in [1.82, 2.24) is 30.0 Å². The predicted molar refractivity (Wildman–Crippen MR) is 111 cm³/mol. The molecule has 4 aromatic rings. The van der Waals surface area contributed by atoms with Gasteiger partial charge in [0.15, 0.2) is 0 Å². The molecular weight excluding hydrogens is 366 g/mol. The SMILES string of the molecule is C=C(c1ccc(-c2cncc(-c3nnc(-c4cccc(N)n4)o3)n2)cc1)N(C)C. The Kier molecular flexibility index (Phi) is 4.74. The van der Waals surface area contributed by atoms with Crippen LogP contribution in [0.4, 0.5) is 5.82 Å². The third kappa shape index (κ3) is 3.81. The average Bonchev–Trinajstić information content (AvgIpc) is 3.24. The number of rotatable bonds is 5. The molecule has 0 aliphatic carbocycles. The summed E-state index contributed by atoms with van der Waals surface area (Å²) in [4.78, 5) is 15.0. The number of hydrogen-bond donors (Lipinski definition) is 1. The third-order valence-electron chi connectivity index (χ3n) is 4.32. The first-order valence-corrected chi connectivity index (χ1v) is 8.87. The molecule has 29 heavy (non-hydrogen) atoms. The van der Waals surface area contributed by atoms with Gasteiger partial charge < -0.3 is 15.1 Å². The van der Waals surface area contributed by atoms with Crippen molar-refractivity contribution in [3.05, 3.63) is 67.0 Å². The standard InChI is InChI=1S/C21H19N7O/c1-13(28(2)3)14-7-9-15(10-8-14)17-11-23-12-18(24-17)21-27-26-20(29-21)16-5-4-6-19(22)25-16/h4-12H,1H2,2-3H3,(H2,22,25). The quantitative estimate of drug-likeness (QED) is 0.557. The largest absolute Gasteiger partial charge is 0.413 e. The van der Waals surface area contributed by atoms with Gasteiger partial charge in [0.25, 0.3) is 11.8 Å². The Hall–Kier alpha value is -4.07. The molecule has 0 saturated carbocycles. The molecule has 3 heterocycles. The van der Waals surface area contributed by atoms with E-state index in [1.807, 2.05) is 43.3 Å². The molecule has 8 nitrogen and oxygen atoms in total. The molecule has 0 amide bonds. The number of hydrogen-bond acceptors (Lipinski definition) is 8. The van der Waals surface area contributed by atoms with Crippen molar-refractivity contribution in [2.75, 3.05) is 19.8 Å². The summed E-state index contributed by atoms with van der Waals surface area (Å²) in [5, 5.41) is 8.10. The Balaban J connectivity index is 1.62. The van der Waals surface area contributed by atoms with Crippen LogP contribution in [0, 0.1) is 0 Å². The van der Waals surface area contributed by atoms with Crippen LogP contribution in [-0.4, -0.2) is 44.1 Å². The number of pyridine rings is 1. The van der Waals surface area contributed by atoms with Gasteiger partial charge >= 0.3 is 0 Å². The molecule has 0 spiro atoms. The summed E-state index contributed by atoms with van der Waals surface area (Å²) in [7, 11) is 3.92. The maximum atomic E-state index is 5.72. The maximum Gasteiger partial charge on any atom is 0.268 e. The number of aromatic nitrogens is 5. The minimum absolute atomic E-state index is 0.260. The summed E-state index contributed by atoms with van der Waals surface area (Å²) in [6.07, 6.45) is 3.27. The first kappa shape index (κ1) is 18.3. The van der Waals surface area contributed by atoms with Crippen LogP contribution in [0.15, 0.2) is 65.9 Å². The second-order valence-corrected chi connectivity index (χ2v) is 6.57. The van der Waals surface area contributed by atoms with Crippen molar-refractivity contribution in [2.24, 2.45) is 0 Å². The zero-order valence-electron chi connectivity index (χ0n) is 16.1. The molecule has 2 N–H and O–H groups in total. The smallest absolute Gasteiger partial charge is 0.268 e. The minimum atomic E-state index is 0.260. The lowest BCUT2D eigenvalue weighted by Gasteiger charge is -2.15. The minimum Gasteiger partial charge on any atom is -0.413 e. The number of benzene rings is 1. The number of nitrogens with two attached hydrogens (primary N) is 1. The van der Waals surface area contributed by atoms with E-state index in [0.717, 1.165) is 16.8 Å². The Morgan fingerprint density at radius 3 is 2.28 bits per heavy atom. The molecule has 0 bridgehead atoms. The second kappa shape index (κ2) is 7.51. The van der Waals surface area contributed by atoms with Crippen LogP contribution in [0.1, 0.15) is 5.56 Å². The van der Waals surface area contributed by atoms with E-state index >= 15 is 0 Å². The highest BCUT2D eigenvalue weighted by Gasteiger charge is 2.14. The van der Waals surface area contributed by atoms with Gasteiger partial charge in [0, 0.05) is 25.4 Å². The molecule has 0 aliphatic rings. The molecule has 0 fully saturated rings. The molecule has 0 saturated heterocycles. The van der Waals surface area contributed by atoms with Crippen LogP contribution in [0.2, 0.25) is 0 Å². The molecule has 4 rings (SSSR count). The Labute approximate surface area is 167 Å². The Morgan fingerprint density at radius 2 is 1.59 bits per heavy atom. The van der Waals surface area contributed by atoms with Gasteiger partial charge in [0.05, 0.1) is 18.1 Å². The van der Waals surface area contributed by atoms with Gasteiger partial charge in [-0.25, -0.2) is 9.97 Å². The first-order valence-electron chi connectivity index (χ1n) is 8.87. The molecule has 3 aromatic heterocycles. The Bertz CT molecular complexity index is 1170. The fourth-order valence-corrected chi connectivity index (χ4v) is 2.70. The van der Waals surface area contributed by atoms with Gasteiger partial charge in [-0.3, -0.25) is 4.98 Å². The molecule has 0 unspecified atom stereocenters. The predicted octanol–water partition coefficient (Wildman–Crippen LogP) is 3.37. The van der Waals surface area contributed by atoms with Crippen LogP contribution >= 0.6 is 0 Å². The molecule has 1 aromatic carbocycles. The van der Waals surface area contributed by atoms with E-state index < -0.39 is 0 Å². The monoisotopic (exact) mass is 385 g/mol. The van der Waals surface area contributed by atoms with E-state index in [0.29, 0.717) is 22.9 Å². The van der Waals surface area contributed by atoms with Crippen molar-refractivity contribution in [3.8, 4) is 34.4 Å². The molecule has 0 radical (unpaired) electrons. The van der Waals surface area contributed by atoms with Crippen molar-refractivity contribution in [1.29, 1.82) is 0 Å². The summed E-state index contributed by atoms with van der Waals surface area (Å²) in [5.74, 6) is 0.909. The lowest BCUT2D eigenvalue weighted by atomic mass is 10.1. The number of nitrogens with zero attached hydrogens (tertiary/aromatic N) is 6. The van der Waals surface area contributed by atoms with Gasteiger partial charge in [0.1, 0.15) is 17.2 Å². The summed E-state index contributed by atoms with van der Waals surface area (Å²) in [5.41, 5.74) is 10.3. The zero-order chi connectivity index (χ0) is 20.4. The fourth-order valence-electron chi connectivity index (χ4n) is 2.70. The zero-order valence-corrected chi connectivity index (χ0v) is 16.1. The van der Waals surface area contributed by atoms with Crippen molar-refractivity contribution >= 4 is 11.5 Å². The van der Waals surface area contributed by atoms with Gasteiger partial charge in [-0.15, -0.1) is 10.2 Å². The van der Waals surface area contributed by atoms with E-state index in [4.69, 9.17) is 10.2 Å². The van der Waals surface area contributed by atoms with E-state index in [2.05, 4.69) is 31.7 Å². The van der Waals surface area contributed by atoms with Gasteiger partial charge in [-0.1, -0.05) is 36.9 Å². The lowest BCUT2D eigenvalue weighted by molar-refractivity contribution is 0.579. The van der Waals surface area contributed by atoms with E-state index in [9.17, 15) is 0 Å². The summed E-state index contributed by atoms with van der Waals surface area (Å²) >= 11 is 0. The van der Waals surface area contributed by atoms with E-state index in [-0.39, 0.29) is 11.8 Å². The average molecular weight is 385 g/mol. The lowest BCUT2D eigenvalue weighted by Crippen LogP contribution is -2.08. The van der Waals surface area contributed by atoms with E-state index in [1.165, 1.54) is 0 Å². The fraction of sp³-hybridized carbons (Fsp3) is 0.0952. The molecule has 8 heteroatoms. The third-order valence-corrected chi connectivity index (χ3v) is 4.32. The van der Waals surface area contributed by atoms with Gasteiger partial charge in [-0.2, -0.15) is 0 Å². The molecular formula is C21H19N7O. The van der Waals surface area contributed by atoms with Gasteiger partial charge in [0.2, 0.25) is 0 Å². The van der Waals surface area contributed by atoms with Crippen LogP contribution < -0.4 is 5.73 Å². The molecule has 144 valence electrons. The van der Waals surface area contributed by atoms with Crippen molar-refractivity contribution in [3.63, 3.8) is 0 Å². The topological polar surface area (TPSA) is 107 Å². The number of nitrogen functional groups attached to an aromatic ring is 1. The van der Waals surface area contributed by atoms with Crippen LogP contribution in [0.25, 0.3) is 40.1 Å². The summed E-state index contributed by atoms with van der Waals surface area (Å²) < 4.78 is 5.72.